The summed E-state index contributed by atoms with van der Waals surface area (Å²) >= 11 is 0. The topological polar surface area (TPSA) is 110 Å². The lowest BCUT2D eigenvalue weighted by Crippen LogP contribution is -2.44. The molecule has 1 spiro atoms. The summed E-state index contributed by atoms with van der Waals surface area (Å²) in [6.45, 7) is 1.66. The number of esters is 1. The molecule has 1 saturated carbocycles. The molecule has 0 unspecified atom stereocenters. The van der Waals surface area contributed by atoms with Gasteiger partial charge in [0.15, 0.2) is 0 Å². The normalized spacial score (nSPS) is 17.9. The van der Waals surface area contributed by atoms with Gasteiger partial charge in [-0.1, -0.05) is 18.9 Å². The Balaban J connectivity index is 1.36. The number of aryl methyl sites for hydroxylation is 1. The Hall–Kier alpha value is -3.23. The molecule has 29 heavy (non-hydrogen) atoms. The van der Waals surface area contributed by atoms with Crippen molar-refractivity contribution in [1.82, 2.24) is 19.6 Å². The zero-order chi connectivity index (χ0) is 20.6. The Morgan fingerprint density at radius 2 is 2.03 bits per heavy atom. The van der Waals surface area contributed by atoms with E-state index in [9.17, 15) is 19.2 Å². The molecule has 3 amide bonds. The van der Waals surface area contributed by atoms with E-state index in [0.29, 0.717) is 24.2 Å². The number of hydrogen-bond donors (Lipinski definition) is 1. The Morgan fingerprint density at radius 3 is 2.79 bits per heavy atom. The van der Waals surface area contributed by atoms with Crippen molar-refractivity contribution in [3.8, 4) is 0 Å². The molecule has 9 nitrogen and oxygen atoms in total. The molecular formula is C20H22N4O5. The minimum absolute atomic E-state index is 0.0296. The molecule has 1 aliphatic heterocycles. The van der Waals surface area contributed by atoms with Gasteiger partial charge in [-0.25, -0.2) is 9.78 Å². The van der Waals surface area contributed by atoms with E-state index in [4.69, 9.17) is 4.74 Å². The van der Waals surface area contributed by atoms with Gasteiger partial charge in [-0.15, -0.1) is 0 Å². The SMILES string of the molecule is Cc1cccn2c(=O)cc(COC(=O)CCN3C(=O)NC4(CCCC4)C3=O)nc12. The monoisotopic (exact) mass is 398 g/mol. The third-order valence-corrected chi connectivity index (χ3v) is 5.56. The molecule has 2 aromatic heterocycles. The van der Waals surface area contributed by atoms with E-state index in [-0.39, 0.29) is 31.0 Å². The van der Waals surface area contributed by atoms with E-state index in [1.807, 2.05) is 13.0 Å². The second kappa shape index (κ2) is 7.31. The molecule has 0 aromatic carbocycles. The highest BCUT2D eigenvalue weighted by atomic mass is 16.5. The first-order valence-corrected chi connectivity index (χ1v) is 9.67. The standard InChI is InChI=1S/C20H22N4O5/c1-13-5-4-9-23-15(25)11-14(21-17(13)23)12-29-16(26)6-10-24-18(27)20(22-19(24)28)7-2-3-8-20/h4-5,9,11H,2-3,6-8,10,12H2,1H3,(H,22,28). The van der Waals surface area contributed by atoms with Crippen LogP contribution in [-0.4, -0.2) is 44.3 Å². The number of fused-ring (bicyclic) bond motifs is 1. The fourth-order valence-corrected chi connectivity index (χ4v) is 4.01. The number of aromatic nitrogens is 2. The van der Waals surface area contributed by atoms with Crippen molar-refractivity contribution < 1.29 is 19.1 Å². The third-order valence-electron chi connectivity index (χ3n) is 5.56. The first-order chi connectivity index (χ1) is 13.9. The van der Waals surface area contributed by atoms with Gasteiger partial charge in [0.2, 0.25) is 0 Å². The number of hydrogen-bond acceptors (Lipinski definition) is 6. The molecule has 2 aliphatic rings. The van der Waals surface area contributed by atoms with Gasteiger partial charge in [-0.3, -0.25) is 23.7 Å². The lowest BCUT2D eigenvalue weighted by atomic mass is 9.98. The second-order valence-corrected chi connectivity index (χ2v) is 7.56. The van der Waals surface area contributed by atoms with Crippen molar-refractivity contribution in [2.45, 2.75) is 51.2 Å². The summed E-state index contributed by atoms with van der Waals surface area (Å²) in [7, 11) is 0. The van der Waals surface area contributed by atoms with Crippen LogP contribution in [0.5, 0.6) is 0 Å². The molecule has 152 valence electrons. The largest absolute Gasteiger partial charge is 0.459 e. The summed E-state index contributed by atoms with van der Waals surface area (Å²) in [4.78, 5) is 54.5. The predicted molar refractivity (Wildman–Crippen MR) is 102 cm³/mol. The highest BCUT2D eigenvalue weighted by molar-refractivity contribution is 6.07. The number of urea groups is 1. The zero-order valence-electron chi connectivity index (χ0n) is 16.1. The van der Waals surface area contributed by atoms with E-state index in [0.717, 1.165) is 23.3 Å². The van der Waals surface area contributed by atoms with Gasteiger partial charge in [0, 0.05) is 18.8 Å². The number of ether oxygens (including phenoxy) is 1. The summed E-state index contributed by atoms with van der Waals surface area (Å²) in [6, 6.07) is 4.47. The van der Waals surface area contributed by atoms with Crippen LogP contribution < -0.4 is 10.9 Å². The Morgan fingerprint density at radius 1 is 1.28 bits per heavy atom. The molecule has 1 N–H and O–H groups in total. The summed E-state index contributed by atoms with van der Waals surface area (Å²) in [5.74, 6) is -0.822. The maximum atomic E-state index is 12.6. The van der Waals surface area contributed by atoms with Crippen LogP contribution in [0.15, 0.2) is 29.2 Å². The van der Waals surface area contributed by atoms with Crippen LogP contribution in [0.4, 0.5) is 4.79 Å². The van der Waals surface area contributed by atoms with E-state index >= 15 is 0 Å². The van der Waals surface area contributed by atoms with Gasteiger partial charge in [0.25, 0.3) is 11.5 Å². The Kier molecular flexibility index (Phi) is 4.81. The molecule has 4 rings (SSSR count). The highest BCUT2D eigenvalue weighted by Gasteiger charge is 2.52. The summed E-state index contributed by atoms with van der Waals surface area (Å²) in [6.07, 6.45) is 4.60. The first-order valence-electron chi connectivity index (χ1n) is 9.67. The van der Waals surface area contributed by atoms with Gasteiger partial charge in [0.05, 0.1) is 12.1 Å². The van der Waals surface area contributed by atoms with E-state index in [2.05, 4.69) is 10.3 Å². The number of carbonyl (C=O) groups is 3. The lowest BCUT2D eigenvalue weighted by Gasteiger charge is -2.19. The van der Waals surface area contributed by atoms with Crippen molar-refractivity contribution >= 4 is 23.6 Å². The Labute approximate surface area is 166 Å². The maximum Gasteiger partial charge on any atom is 0.325 e. The van der Waals surface area contributed by atoms with Crippen molar-refractivity contribution in [2.24, 2.45) is 0 Å². The molecule has 1 saturated heterocycles. The quantitative estimate of drug-likeness (QED) is 0.601. The minimum Gasteiger partial charge on any atom is -0.459 e. The van der Waals surface area contributed by atoms with Crippen LogP contribution in [0.2, 0.25) is 0 Å². The molecular weight excluding hydrogens is 376 g/mol. The number of rotatable bonds is 5. The van der Waals surface area contributed by atoms with Crippen LogP contribution in [0.1, 0.15) is 43.4 Å². The van der Waals surface area contributed by atoms with Gasteiger partial charge in [-0.2, -0.15) is 0 Å². The van der Waals surface area contributed by atoms with Crippen LogP contribution in [-0.2, 0) is 20.9 Å². The lowest BCUT2D eigenvalue weighted by molar-refractivity contribution is -0.145. The number of amides is 3. The van der Waals surface area contributed by atoms with Gasteiger partial charge < -0.3 is 10.1 Å². The van der Waals surface area contributed by atoms with Gasteiger partial charge >= 0.3 is 12.0 Å². The van der Waals surface area contributed by atoms with Crippen molar-refractivity contribution in [1.29, 1.82) is 0 Å². The van der Waals surface area contributed by atoms with E-state index in [1.165, 1.54) is 10.5 Å². The summed E-state index contributed by atoms with van der Waals surface area (Å²) < 4.78 is 6.63. The number of imide groups is 1. The average molecular weight is 398 g/mol. The molecule has 1 aliphatic carbocycles. The molecule has 0 bridgehead atoms. The van der Waals surface area contributed by atoms with Crippen LogP contribution >= 0.6 is 0 Å². The molecule has 9 heteroatoms. The maximum absolute atomic E-state index is 12.6. The predicted octanol–water partition coefficient (Wildman–Crippen LogP) is 1.30. The van der Waals surface area contributed by atoms with Crippen molar-refractivity contribution in [3.63, 3.8) is 0 Å². The number of pyridine rings is 1. The number of nitrogens with one attached hydrogen (secondary N) is 1. The highest BCUT2D eigenvalue weighted by Crippen LogP contribution is 2.35. The number of nitrogens with zero attached hydrogens (tertiary/aromatic N) is 3. The van der Waals surface area contributed by atoms with Crippen molar-refractivity contribution in [2.75, 3.05) is 6.54 Å². The number of carbonyl (C=O) groups excluding carboxylic acids is 3. The third kappa shape index (κ3) is 3.48. The molecule has 0 atom stereocenters. The zero-order valence-corrected chi connectivity index (χ0v) is 16.1. The smallest absolute Gasteiger partial charge is 0.325 e. The fourth-order valence-electron chi connectivity index (χ4n) is 4.01. The average Bonchev–Trinajstić information content (AvgIpc) is 3.25. The van der Waals surface area contributed by atoms with Crippen molar-refractivity contribution in [3.05, 3.63) is 46.0 Å². The summed E-state index contributed by atoms with van der Waals surface area (Å²) in [5.41, 5.74) is 0.642. The van der Waals surface area contributed by atoms with E-state index < -0.39 is 17.5 Å². The molecule has 3 heterocycles. The van der Waals surface area contributed by atoms with Crippen LogP contribution in [0.25, 0.3) is 5.65 Å². The fraction of sp³-hybridized carbons (Fsp3) is 0.450. The van der Waals surface area contributed by atoms with E-state index in [1.54, 1.807) is 12.3 Å². The molecule has 0 radical (unpaired) electrons. The minimum atomic E-state index is -0.782. The molecule has 2 aromatic rings. The molecule has 2 fully saturated rings. The van der Waals surface area contributed by atoms with Gasteiger partial charge in [0.1, 0.15) is 17.8 Å². The van der Waals surface area contributed by atoms with Crippen LogP contribution in [0.3, 0.4) is 0 Å². The second-order valence-electron chi connectivity index (χ2n) is 7.56. The van der Waals surface area contributed by atoms with Crippen LogP contribution in [0, 0.1) is 6.92 Å². The first kappa shape index (κ1) is 19.1. The Bertz CT molecular complexity index is 1050. The summed E-state index contributed by atoms with van der Waals surface area (Å²) in [5, 5.41) is 2.78. The van der Waals surface area contributed by atoms with Gasteiger partial charge in [-0.05, 0) is 31.4 Å².